The van der Waals surface area contributed by atoms with Gasteiger partial charge in [0.25, 0.3) is 0 Å². The Morgan fingerprint density at radius 2 is 1.84 bits per heavy atom. The predicted octanol–water partition coefficient (Wildman–Crippen LogP) is 3.11. The highest BCUT2D eigenvalue weighted by Crippen LogP contribution is 2.27. The molecule has 3 heteroatoms. The van der Waals surface area contributed by atoms with Gasteiger partial charge >= 0.3 is 0 Å². The lowest BCUT2D eigenvalue weighted by atomic mass is 10.1. The van der Waals surface area contributed by atoms with Gasteiger partial charge in [-0.3, -0.25) is 4.79 Å². The second-order valence-electron chi connectivity index (χ2n) is 4.77. The fourth-order valence-electron chi connectivity index (χ4n) is 2.48. The number of fused-ring (bicyclic) bond motifs is 1. The van der Waals surface area contributed by atoms with Gasteiger partial charge in [-0.25, -0.2) is 0 Å². The molecule has 1 aliphatic heterocycles. The first-order chi connectivity index (χ1) is 9.24. The molecule has 0 fully saturated rings. The minimum atomic E-state index is 0.164. The van der Waals surface area contributed by atoms with Crippen LogP contribution < -0.4 is 4.90 Å². The minimum absolute atomic E-state index is 0.164. The van der Waals surface area contributed by atoms with Crippen molar-refractivity contribution in [3.05, 3.63) is 59.7 Å². The molecule has 0 aromatic heterocycles. The Bertz CT molecular complexity index is 606. The van der Waals surface area contributed by atoms with E-state index in [1.807, 2.05) is 47.4 Å². The number of hydrogen-bond donors (Lipinski definition) is 1. The summed E-state index contributed by atoms with van der Waals surface area (Å²) in [4.78, 5) is 15.2. The van der Waals surface area contributed by atoms with E-state index in [2.05, 4.69) is 18.7 Å². The lowest BCUT2D eigenvalue weighted by Crippen LogP contribution is -2.30. The number of amides is 1. The second kappa shape index (κ2) is 5.10. The molecule has 1 amide bonds. The van der Waals surface area contributed by atoms with E-state index in [4.69, 9.17) is 0 Å². The van der Waals surface area contributed by atoms with Crippen molar-refractivity contribution in [2.45, 2.75) is 17.7 Å². The van der Waals surface area contributed by atoms with Gasteiger partial charge in [0.05, 0.1) is 6.42 Å². The van der Waals surface area contributed by atoms with E-state index in [1.165, 1.54) is 5.56 Å². The number of carbonyl (C=O) groups excluding carboxylic acids is 1. The Balaban J connectivity index is 1.77. The summed E-state index contributed by atoms with van der Waals surface area (Å²) in [5.41, 5.74) is 3.37. The van der Waals surface area contributed by atoms with Crippen molar-refractivity contribution in [3.63, 3.8) is 0 Å². The zero-order valence-corrected chi connectivity index (χ0v) is 11.4. The fourth-order valence-corrected chi connectivity index (χ4v) is 2.63. The summed E-state index contributed by atoms with van der Waals surface area (Å²) >= 11 is 4.25. The molecule has 3 rings (SSSR count). The molecule has 0 saturated heterocycles. The number of hydrogen-bond acceptors (Lipinski definition) is 2. The van der Waals surface area contributed by atoms with E-state index in [9.17, 15) is 4.79 Å². The summed E-state index contributed by atoms with van der Waals surface area (Å²) in [5.74, 6) is 0.164. The maximum Gasteiger partial charge on any atom is 0.231 e. The van der Waals surface area contributed by atoms with Crippen LogP contribution in [0.15, 0.2) is 53.4 Å². The lowest BCUT2D eigenvalue weighted by molar-refractivity contribution is -0.117. The number of thiol groups is 1. The van der Waals surface area contributed by atoms with Crippen LogP contribution in [0, 0.1) is 0 Å². The summed E-state index contributed by atoms with van der Waals surface area (Å²) in [5, 5.41) is 0. The van der Waals surface area contributed by atoms with Crippen molar-refractivity contribution in [3.8, 4) is 0 Å². The Morgan fingerprint density at radius 1 is 1.11 bits per heavy atom. The molecule has 1 aliphatic rings. The molecule has 0 unspecified atom stereocenters. The van der Waals surface area contributed by atoms with E-state index in [1.54, 1.807) is 0 Å². The van der Waals surface area contributed by atoms with Crippen molar-refractivity contribution in [2.24, 2.45) is 0 Å². The Labute approximate surface area is 118 Å². The maximum absolute atomic E-state index is 12.4. The molecule has 96 valence electrons. The average molecular weight is 269 g/mol. The van der Waals surface area contributed by atoms with Crippen molar-refractivity contribution in [1.82, 2.24) is 0 Å². The van der Waals surface area contributed by atoms with Gasteiger partial charge < -0.3 is 4.90 Å². The Kier molecular flexibility index (Phi) is 3.30. The van der Waals surface area contributed by atoms with E-state index >= 15 is 0 Å². The molecule has 2 aromatic carbocycles. The van der Waals surface area contributed by atoms with Crippen molar-refractivity contribution >= 4 is 24.2 Å². The van der Waals surface area contributed by atoms with Crippen LogP contribution >= 0.6 is 12.6 Å². The molecule has 0 N–H and O–H groups in total. The first-order valence-electron chi connectivity index (χ1n) is 6.40. The molecule has 0 spiro atoms. The quantitative estimate of drug-likeness (QED) is 0.831. The normalized spacial score (nSPS) is 13.4. The fraction of sp³-hybridized carbons (Fsp3) is 0.188. The number of benzene rings is 2. The van der Waals surface area contributed by atoms with Crippen LogP contribution in [0.2, 0.25) is 0 Å². The van der Waals surface area contributed by atoms with Crippen LogP contribution in [0.5, 0.6) is 0 Å². The van der Waals surface area contributed by atoms with Crippen LogP contribution in [0.4, 0.5) is 5.69 Å². The Morgan fingerprint density at radius 3 is 2.63 bits per heavy atom. The maximum atomic E-state index is 12.4. The third-order valence-corrected chi connectivity index (χ3v) is 3.78. The van der Waals surface area contributed by atoms with Gasteiger partial charge in [-0.05, 0) is 35.7 Å². The van der Waals surface area contributed by atoms with Gasteiger partial charge in [-0.15, -0.1) is 12.6 Å². The molecule has 0 bridgehead atoms. The number of nitrogens with zero attached hydrogens (tertiary/aromatic N) is 1. The monoisotopic (exact) mass is 269 g/mol. The third-order valence-electron chi connectivity index (χ3n) is 3.48. The lowest BCUT2D eigenvalue weighted by Gasteiger charge is -2.17. The van der Waals surface area contributed by atoms with Gasteiger partial charge in [0, 0.05) is 17.1 Å². The molecule has 19 heavy (non-hydrogen) atoms. The summed E-state index contributed by atoms with van der Waals surface area (Å²) in [7, 11) is 0. The summed E-state index contributed by atoms with van der Waals surface area (Å²) in [6.45, 7) is 0.794. The number of carbonyl (C=O) groups is 1. The van der Waals surface area contributed by atoms with Gasteiger partial charge in [-0.2, -0.15) is 0 Å². The second-order valence-corrected chi connectivity index (χ2v) is 5.28. The number of anilines is 1. The van der Waals surface area contributed by atoms with Gasteiger partial charge in [-0.1, -0.05) is 30.3 Å². The van der Waals surface area contributed by atoms with Crippen molar-refractivity contribution < 1.29 is 4.79 Å². The third kappa shape index (κ3) is 2.51. The molecule has 1 heterocycles. The smallest absolute Gasteiger partial charge is 0.231 e. The van der Waals surface area contributed by atoms with E-state index < -0.39 is 0 Å². The average Bonchev–Trinajstić information content (AvgIpc) is 2.85. The zero-order chi connectivity index (χ0) is 13.2. The minimum Gasteiger partial charge on any atom is -0.312 e. The number of para-hydroxylation sites is 1. The highest BCUT2D eigenvalue weighted by Gasteiger charge is 2.23. The van der Waals surface area contributed by atoms with Gasteiger partial charge in [0.15, 0.2) is 0 Å². The SMILES string of the molecule is O=C(Cc1ccc(S)cc1)N1CCc2ccccc21. The first kappa shape index (κ1) is 12.3. The van der Waals surface area contributed by atoms with Crippen molar-refractivity contribution in [2.75, 3.05) is 11.4 Å². The molecule has 0 atom stereocenters. The van der Waals surface area contributed by atoms with Crippen molar-refractivity contribution in [1.29, 1.82) is 0 Å². The van der Waals surface area contributed by atoms with Crippen LogP contribution in [0.25, 0.3) is 0 Å². The van der Waals surface area contributed by atoms with Crippen LogP contribution in [0.1, 0.15) is 11.1 Å². The molecule has 2 aromatic rings. The van der Waals surface area contributed by atoms with E-state index in [0.29, 0.717) is 6.42 Å². The zero-order valence-electron chi connectivity index (χ0n) is 10.5. The molecule has 2 nitrogen and oxygen atoms in total. The summed E-state index contributed by atoms with van der Waals surface area (Å²) < 4.78 is 0. The molecule has 0 radical (unpaired) electrons. The van der Waals surface area contributed by atoms with Gasteiger partial charge in [0.2, 0.25) is 5.91 Å². The standard InChI is InChI=1S/C16H15NOS/c18-16(11-12-5-7-14(19)8-6-12)17-10-9-13-3-1-2-4-15(13)17/h1-8,19H,9-11H2. The van der Waals surface area contributed by atoms with E-state index in [-0.39, 0.29) is 5.91 Å². The molecule has 0 aliphatic carbocycles. The summed E-state index contributed by atoms with van der Waals surface area (Å²) in [6, 6.07) is 15.9. The topological polar surface area (TPSA) is 20.3 Å². The first-order valence-corrected chi connectivity index (χ1v) is 6.85. The summed E-state index contributed by atoms with van der Waals surface area (Å²) in [6.07, 6.45) is 1.40. The highest BCUT2D eigenvalue weighted by atomic mass is 32.1. The molecule has 0 saturated carbocycles. The number of rotatable bonds is 2. The largest absolute Gasteiger partial charge is 0.312 e. The Hall–Kier alpha value is -1.74. The molecular formula is C16H15NOS. The van der Waals surface area contributed by atoms with Crippen LogP contribution in [-0.2, 0) is 17.6 Å². The molecular weight excluding hydrogens is 254 g/mol. The van der Waals surface area contributed by atoms with Crippen LogP contribution in [-0.4, -0.2) is 12.5 Å². The predicted molar refractivity (Wildman–Crippen MR) is 79.9 cm³/mol. The highest BCUT2D eigenvalue weighted by molar-refractivity contribution is 7.80. The van der Waals surface area contributed by atoms with Crippen LogP contribution in [0.3, 0.4) is 0 Å². The van der Waals surface area contributed by atoms with E-state index in [0.717, 1.165) is 29.1 Å². The van der Waals surface area contributed by atoms with Gasteiger partial charge in [0.1, 0.15) is 0 Å².